The smallest absolute Gasteiger partial charge is 0.0496 e. The fourth-order valence-corrected chi connectivity index (χ4v) is 2.07. The van der Waals surface area contributed by atoms with Crippen molar-refractivity contribution in [1.29, 1.82) is 0 Å². The third-order valence-electron chi connectivity index (χ3n) is 3.99. The molecule has 0 fully saturated rings. The monoisotopic (exact) mass is 257 g/mol. The minimum atomic E-state index is 0.0696. The number of aliphatic hydroxyl groups excluding tert-OH is 1. The Labute approximate surface area is 115 Å². The molecule has 0 amide bonds. The maximum atomic E-state index is 9.29. The highest BCUT2D eigenvalue weighted by Crippen LogP contribution is 2.18. The Balaban J connectivity index is 3.21. The Hall–Kier alpha value is -0.0800. The van der Waals surface area contributed by atoms with Gasteiger partial charge in [-0.3, -0.25) is 0 Å². The summed E-state index contributed by atoms with van der Waals surface area (Å²) in [5, 5.41) is 12.8. The lowest BCUT2D eigenvalue weighted by Gasteiger charge is -2.25. The maximum Gasteiger partial charge on any atom is 0.0496 e. The Kier molecular flexibility index (Phi) is 11.9. The zero-order valence-electron chi connectivity index (χ0n) is 12.9. The molecule has 18 heavy (non-hydrogen) atoms. The lowest BCUT2D eigenvalue weighted by Crippen LogP contribution is -2.34. The number of aliphatic hydroxyl groups is 1. The fourth-order valence-electron chi connectivity index (χ4n) is 2.07. The Morgan fingerprint density at radius 3 is 1.94 bits per heavy atom. The topological polar surface area (TPSA) is 32.3 Å². The zero-order valence-corrected chi connectivity index (χ0v) is 12.9. The van der Waals surface area contributed by atoms with Gasteiger partial charge in [-0.15, -0.1) is 0 Å². The minimum Gasteiger partial charge on any atom is -0.396 e. The summed E-state index contributed by atoms with van der Waals surface area (Å²) in [5.74, 6) is 0. The van der Waals surface area contributed by atoms with Gasteiger partial charge < -0.3 is 10.4 Å². The molecule has 2 N–H and O–H groups in total. The van der Waals surface area contributed by atoms with E-state index < -0.39 is 0 Å². The van der Waals surface area contributed by atoms with Crippen molar-refractivity contribution in [3.05, 3.63) is 0 Å². The molecule has 1 atom stereocenters. The highest BCUT2D eigenvalue weighted by Gasteiger charge is 2.19. The van der Waals surface area contributed by atoms with Crippen LogP contribution in [0, 0.1) is 5.41 Å². The van der Waals surface area contributed by atoms with Crippen LogP contribution >= 0.6 is 0 Å². The predicted molar refractivity (Wildman–Crippen MR) is 81.0 cm³/mol. The maximum absolute atomic E-state index is 9.29. The highest BCUT2D eigenvalue weighted by molar-refractivity contribution is 4.73. The third kappa shape index (κ3) is 9.90. The van der Waals surface area contributed by atoms with Gasteiger partial charge in [0.05, 0.1) is 0 Å². The molecule has 0 aromatic rings. The first kappa shape index (κ1) is 17.9. The minimum absolute atomic E-state index is 0.0696. The lowest BCUT2D eigenvalue weighted by atomic mass is 9.88. The summed E-state index contributed by atoms with van der Waals surface area (Å²) < 4.78 is 0. The van der Waals surface area contributed by atoms with Gasteiger partial charge in [0.25, 0.3) is 0 Å². The second kappa shape index (κ2) is 12.0. The van der Waals surface area contributed by atoms with E-state index >= 15 is 0 Å². The molecule has 110 valence electrons. The summed E-state index contributed by atoms with van der Waals surface area (Å²) >= 11 is 0. The molecule has 0 aliphatic rings. The van der Waals surface area contributed by atoms with Crippen LogP contribution in [0.2, 0.25) is 0 Å². The molecule has 0 saturated carbocycles. The van der Waals surface area contributed by atoms with E-state index in [1.807, 2.05) is 0 Å². The Morgan fingerprint density at radius 1 is 0.889 bits per heavy atom. The summed E-state index contributed by atoms with van der Waals surface area (Å²) in [6.45, 7) is 8.89. The number of hydrogen-bond donors (Lipinski definition) is 2. The number of rotatable bonds is 13. The molecule has 0 aliphatic carbocycles. The van der Waals surface area contributed by atoms with Gasteiger partial charge in [-0.05, 0) is 19.4 Å². The Bertz CT molecular complexity index is 166. The first-order chi connectivity index (χ1) is 8.68. The zero-order chi connectivity index (χ0) is 13.7. The van der Waals surface area contributed by atoms with Crippen molar-refractivity contribution in [2.75, 3.05) is 19.7 Å². The van der Waals surface area contributed by atoms with E-state index in [4.69, 9.17) is 0 Å². The van der Waals surface area contributed by atoms with Crippen molar-refractivity contribution in [2.45, 2.75) is 78.6 Å². The summed E-state index contributed by atoms with van der Waals surface area (Å²) in [5.41, 5.74) is 0.0696. The molecule has 0 heterocycles. The molecule has 0 rings (SSSR count). The molecule has 0 saturated heterocycles. The van der Waals surface area contributed by atoms with E-state index in [1.54, 1.807) is 0 Å². The van der Waals surface area contributed by atoms with Gasteiger partial charge in [0, 0.05) is 18.6 Å². The van der Waals surface area contributed by atoms with Crippen molar-refractivity contribution in [2.24, 2.45) is 5.41 Å². The third-order valence-corrected chi connectivity index (χ3v) is 3.99. The standard InChI is InChI=1S/C16H35NO/c1-4-6-7-8-9-10-11-12-13-17-14-16(3,5-2)15-18/h17-18H,4-15H2,1-3H3. The first-order valence-corrected chi connectivity index (χ1v) is 8.00. The van der Waals surface area contributed by atoms with Crippen molar-refractivity contribution < 1.29 is 5.11 Å². The molecule has 2 heteroatoms. The van der Waals surface area contributed by atoms with Crippen LogP contribution in [-0.4, -0.2) is 24.8 Å². The van der Waals surface area contributed by atoms with Crippen molar-refractivity contribution >= 4 is 0 Å². The van der Waals surface area contributed by atoms with Crippen LogP contribution in [0.15, 0.2) is 0 Å². The summed E-state index contributed by atoms with van der Waals surface area (Å²) in [4.78, 5) is 0. The molecule has 0 bridgehead atoms. The van der Waals surface area contributed by atoms with Gasteiger partial charge in [0.2, 0.25) is 0 Å². The number of unbranched alkanes of at least 4 members (excludes halogenated alkanes) is 7. The normalized spacial score (nSPS) is 14.7. The summed E-state index contributed by atoms with van der Waals surface area (Å²) in [6.07, 6.45) is 12.0. The van der Waals surface area contributed by atoms with Crippen molar-refractivity contribution in [3.8, 4) is 0 Å². The molecule has 0 aromatic carbocycles. The van der Waals surface area contributed by atoms with Crippen molar-refractivity contribution in [1.82, 2.24) is 5.32 Å². The molecule has 2 nitrogen and oxygen atoms in total. The largest absolute Gasteiger partial charge is 0.396 e. The molecule has 0 aromatic heterocycles. The van der Waals surface area contributed by atoms with E-state index in [1.165, 1.54) is 51.4 Å². The van der Waals surface area contributed by atoms with Crippen molar-refractivity contribution in [3.63, 3.8) is 0 Å². The fraction of sp³-hybridized carbons (Fsp3) is 1.00. The van der Waals surface area contributed by atoms with Gasteiger partial charge >= 0.3 is 0 Å². The second-order valence-electron chi connectivity index (χ2n) is 5.97. The van der Waals surface area contributed by atoms with Crippen LogP contribution in [0.5, 0.6) is 0 Å². The van der Waals surface area contributed by atoms with E-state index in [2.05, 4.69) is 26.1 Å². The van der Waals surface area contributed by atoms with E-state index in [0.717, 1.165) is 19.5 Å². The number of nitrogens with one attached hydrogen (secondary N) is 1. The molecular weight excluding hydrogens is 222 g/mol. The van der Waals surface area contributed by atoms with Gasteiger partial charge in [-0.25, -0.2) is 0 Å². The van der Waals surface area contributed by atoms with Crippen LogP contribution in [0.3, 0.4) is 0 Å². The first-order valence-electron chi connectivity index (χ1n) is 8.00. The van der Waals surface area contributed by atoms with Crippen LogP contribution in [-0.2, 0) is 0 Å². The average Bonchev–Trinajstić information content (AvgIpc) is 2.40. The van der Waals surface area contributed by atoms with Crippen LogP contribution in [0.1, 0.15) is 78.6 Å². The quantitative estimate of drug-likeness (QED) is 0.486. The van der Waals surface area contributed by atoms with Gasteiger partial charge in [0.15, 0.2) is 0 Å². The van der Waals surface area contributed by atoms with Gasteiger partial charge in [0.1, 0.15) is 0 Å². The predicted octanol–water partition coefficient (Wildman–Crippen LogP) is 4.13. The van der Waals surface area contributed by atoms with E-state index in [-0.39, 0.29) is 12.0 Å². The molecule has 0 radical (unpaired) electrons. The molecule has 0 spiro atoms. The van der Waals surface area contributed by atoms with Crippen LogP contribution < -0.4 is 5.32 Å². The van der Waals surface area contributed by atoms with Gasteiger partial charge in [-0.2, -0.15) is 0 Å². The molecule has 0 aliphatic heterocycles. The molecular formula is C16H35NO. The average molecular weight is 257 g/mol. The van der Waals surface area contributed by atoms with Gasteiger partial charge in [-0.1, -0.05) is 65.7 Å². The SMILES string of the molecule is CCCCCCCCCCNCC(C)(CC)CO. The summed E-state index contributed by atoms with van der Waals surface area (Å²) in [7, 11) is 0. The summed E-state index contributed by atoms with van der Waals surface area (Å²) in [6, 6.07) is 0. The van der Waals surface area contributed by atoms with E-state index in [0.29, 0.717) is 0 Å². The second-order valence-corrected chi connectivity index (χ2v) is 5.97. The Morgan fingerprint density at radius 2 is 1.44 bits per heavy atom. The lowest BCUT2D eigenvalue weighted by molar-refractivity contribution is 0.135. The van der Waals surface area contributed by atoms with Crippen LogP contribution in [0.25, 0.3) is 0 Å². The van der Waals surface area contributed by atoms with E-state index in [9.17, 15) is 5.11 Å². The van der Waals surface area contributed by atoms with Crippen LogP contribution in [0.4, 0.5) is 0 Å². The highest BCUT2D eigenvalue weighted by atomic mass is 16.3. The molecule has 1 unspecified atom stereocenters. The number of hydrogen-bond acceptors (Lipinski definition) is 2.